The second-order valence-corrected chi connectivity index (χ2v) is 9.33. The molecule has 4 amide bonds. The lowest BCUT2D eigenvalue weighted by Gasteiger charge is -2.33. The van der Waals surface area contributed by atoms with Crippen molar-refractivity contribution in [2.75, 3.05) is 13.6 Å². The number of nitrogens with one attached hydrogen (secondary N) is 3. The molecule has 1 heterocycles. The molecule has 0 bridgehead atoms. The van der Waals surface area contributed by atoms with Crippen molar-refractivity contribution in [3.63, 3.8) is 0 Å². The van der Waals surface area contributed by atoms with E-state index in [9.17, 15) is 37.6 Å². The van der Waals surface area contributed by atoms with Crippen LogP contribution in [0.15, 0.2) is 0 Å². The highest BCUT2D eigenvalue weighted by Crippen LogP contribution is 2.20. The molecule has 0 unspecified atom stereocenters. The Morgan fingerprint density at radius 1 is 1.21 bits per heavy atom. The van der Waals surface area contributed by atoms with Gasteiger partial charge in [0, 0.05) is 19.5 Å². The number of likely N-dealkylation sites (N-methyl/N-ethyl adjacent to an activating group) is 1. The number of amides is 4. The fourth-order valence-electron chi connectivity index (χ4n) is 3.72. The van der Waals surface area contributed by atoms with E-state index in [1.54, 1.807) is 5.32 Å². The molecule has 0 aromatic carbocycles. The predicted octanol–water partition coefficient (Wildman–Crippen LogP) is 1.49. The van der Waals surface area contributed by atoms with E-state index in [-0.39, 0.29) is 30.6 Å². The third-order valence-corrected chi connectivity index (χ3v) is 5.73. The van der Waals surface area contributed by atoms with Gasteiger partial charge in [0.15, 0.2) is 0 Å². The fourth-order valence-corrected chi connectivity index (χ4v) is 3.72. The first-order valence-corrected chi connectivity index (χ1v) is 11.3. The second kappa shape index (κ2) is 12.6. The summed E-state index contributed by atoms with van der Waals surface area (Å²) in [6.45, 7) is 7.15. The zero-order chi connectivity index (χ0) is 26.2. The van der Waals surface area contributed by atoms with Crippen molar-refractivity contribution in [2.45, 2.75) is 77.7 Å². The van der Waals surface area contributed by atoms with E-state index >= 15 is 0 Å². The zero-order valence-electron chi connectivity index (χ0n) is 20.2. The van der Waals surface area contributed by atoms with Crippen LogP contribution < -0.4 is 16.0 Å². The largest absolute Gasteiger partial charge is 0.471 e. The highest BCUT2D eigenvalue weighted by atomic mass is 19.4. The molecule has 1 rings (SSSR count). The Balaban J connectivity index is 2.96. The van der Waals surface area contributed by atoms with E-state index in [1.165, 1.54) is 20.9 Å². The van der Waals surface area contributed by atoms with E-state index in [0.717, 1.165) is 4.90 Å². The summed E-state index contributed by atoms with van der Waals surface area (Å²) in [7, 11) is 1.29. The first-order valence-electron chi connectivity index (χ1n) is 11.3. The summed E-state index contributed by atoms with van der Waals surface area (Å²) in [6, 6.07) is -1.47. The number of halogens is 3. The molecule has 0 radical (unpaired) electrons. The van der Waals surface area contributed by atoms with Crippen LogP contribution in [0.25, 0.3) is 0 Å². The van der Waals surface area contributed by atoms with Gasteiger partial charge in [-0.1, -0.05) is 27.7 Å². The van der Waals surface area contributed by atoms with Crippen molar-refractivity contribution in [1.82, 2.24) is 20.9 Å². The number of hydrogen-bond donors (Lipinski definition) is 3. The molecule has 0 aromatic rings. The number of carbonyl (C=O) groups excluding carboxylic acids is 4. The maximum absolute atomic E-state index is 13.0. The lowest BCUT2D eigenvalue weighted by Crippen LogP contribution is -2.58. The fraction of sp³-hybridized carbons (Fsp3) is 0.773. The van der Waals surface area contributed by atoms with E-state index in [4.69, 9.17) is 0 Å². The number of rotatable bonds is 11. The lowest BCUT2D eigenvalue weighted by molar-refractivity contribution is -0.175. The Morgan fingerprint density at radius 3 is 2.26 bits per heavy atom. The molecule has 9 nitrogen and oxygen atoms in total. The van der Waals surface area contributed by atoms with Crippen molar-refractivity contribution < 1.29 is 32.3 Å². The summed E-state index contributed by atoms with van der Waals surface area (Å²) in [5.74, 6) is -4.76. The third-order valence-electron chi connectivity index (χ3n) is 5.73. The Bertz CT molecular complexity index is 794. The minimum atomic E-state index is -5.16. The van der Waals surface area contributed by atoms with Crippen molar-refractivity contribution in [3.05, 3.63) is 0 Å². The minimum absolute atomic E-state index is 0.0593. The smallest absolute Gasteiger partial charge is 0.356 e. The van der Waals surface area contributed by atoms with Gasteiger partial charge in [-0.2, -0.15) is 18.4 Å². The molecule has 0 spiro atoms. The van der Waals surface area contributed by atoms with Crippen molar-refractivity contribution in [3.8, 4) is 6.07 Å². The molecule has 34 heavy (non-hydrogen) atoms. The molecule has 1 saturated heterocycles. The van der Waals surface area contributed by atoms with Gasteiger partial charge in [-0.25, -0.2) is 0 Å². The lowest BCUT2D eigenvalue weighted by atomic mass is 9.97. The molecular formula is C22H34F3N5O4. The van der Waals surface area contributed by atoms with E-state index in [2.05, 4.69) is 10.6 Å². The molecule has 1 aliphatic heterocycles. The molecule has 12 heteroatoms. The van der Waals surface area contributed by atoms with Gasteiger partial charge in [-0.3, -0.25) is 19.2 Å². The standard InChI is InChI=1S/C22H34F3N5O4/c1-12(2)10-16(19(32)28-15(11-26)7-6-14-8-9-27-18(14)31)30(5)20(33)17(13(3)4)29-21(34)22(23,24)25/h12-17H,6-10H2,1-5H3,(H,27,31)(H,28,32)(H,29,34)/t14-,15+,16+,17+/m1/s1. The minimum Gasteiger partial charge on any atom is -0.356 e. The highest BCUT2D eigenvalue weighted by Gasteiger charge is 2.43. The maximum Gasteiger partial charge on any atom is 0.471 e. The quantitative estimate of drug-likeness (QED) is 0.405. The van der Waals surface area contributed by atoms with Gasteiger partial charge in [0.05, 0.1) is 6.07 Å². The van der Waals surface area contributed by atoms with Crippen molar-refractivity contribution >= 4 is 23.6 Å². The van der Waals surface area contributed by atoms with Gasteiger partial charge in [-0.15, -0.1) is 0 Å². The summed E-state index contributed by atoms with van der Waals surface area (Å²) in [5, 5.41) is 16.5. The van der Waals surface area contributed by atoms with Gasteiger partial charge in [0.1, 0.15) is 18.1 Å². The Labute approximate surface area is 197 Å². The molecule has 0 aromatic heterocycles. The molecule has 3 N–H and O–H groups in total. The second-order valence-electron chi connectivity index (χ2n) is 9.33. The van der Waals surface area contributed by atoms with E-state index < -0.39 is 47.9 Å². The van der Waals surface area contributed by atoms with Crippen molar-refractivity contribution in [2.24, 2.45) is 17.8 Å². The van der Waals surface area contributed by atoms with Crippen LogP contribution in [0, 0.1) is 29.1 Å². The van der Waals surface area contributed by atoms with Crippen LogP contribution in [-0.2, 0) is 19.2 Å². The van der Waals surface area contributed by atoms with E-state index in [0.29, 0.717) is 19.4 Å². The monoisotopic (exact) mass is 489 g/mol. The number of nitrogens with zero attached hydrogens (tertiary/aromatic N) is 2. The maximum atomic E-state index is 13.0. The number of nitriles is 1. The molecule has 1 fully saturated rings. The first kappa shape index (κ1) is 29.2. The van der Waals surface area contributed by atoms with Crippen molar-refractivity contribution in [1.29, 1.82) is 5.26 Å². The normalized spacial score (nSPS) is 18.6. The Morgan fingerprint density at radius 2 is 1.82 bits per heavy atom. The molecule has 1 aliphatic rings. The molecule has 0 aliphatic carbocycles. The first-order chi connectivity index (χ1) is 15.7. The average molecular weight is 490 g/mol. The summed E-state index contributed by atoms with van der Waals surface area (Å²) >= 11 is 0. The van der Waals surface area contributed by atoms with Crippen LogP contribution >= 0.6 is 0 Å². The van der Waals surface area contributed by atoms with Crippen LogP contribution in [0.3, 0.4) is 0 Å². The van der Waals surface area contributed by atoms with E-state index in [1.807, 2.05) is 19.9 Å². The van der Waals surface area contributed by atoms with Gasteiger partial charge in [0.2, 0.25) is 17.7 Å². The Kier molecular flexibility index (Phi) is 10.8. The third kappa shape index (κ3) is 8.50. The van der Waals surface area contributed by atoms with Crippen LogP contribution in [0.1, 0.15) is 53.4 Å². The summed E-state index contributed by atoms with van der Waals surface area (Å²) in [4.78, 5) is 50.2. The van der Waals surface area contributed by atoms with Crippen LogP contribution in [0.5, 0.6) is 0 Å². The summed E-state index contributed by atoms with van der Waals surface area (Å²) in [6.07, 6.45) is -3.67. The molecular weight excluding hydrogens is 455 g/mol. The summed E-state index contributed by atoms with van der Waals surface area (Å²) < 4.78 is 38.2. The molecule has 192 valence electrons. The van der Waals surface area contributed by atoms with Gasteiger partial charge >= 0.3 is 12.1 Å². The average Bonchev–Trinajstić information content (AvgIpc) is 3.15. The van der Waals surface area contributed by atoms with Gasteiger partial charge in [-0.05, 0) is 37.5 Å². The zero-order valence-corrected chi connectivity index (χ0v) is 20.2. The van der Waals surface area contributed by atoms with Gasteiger partial charge in [0.25, 0.3) is 0 Å². The van der Waals surface area contributed by atoms with Crippen LogP contribution in [0.2, 0.25) is 0 Å². The molecule has 4 atom stereocenters. The molecule has 0 saturated carbocycles. The van der Waals surface area contributed by atoms with Gasteiger partial charge < -0.3 is 20.9 Å². The SMILES string of the molecule is CC(C)C[C@@H](C(=O)N[C@H](C#N)CC[C@@H]1CCNC1=O)N(C)C(=O)[C@@H](NC(=O)C(F)(F)F)C(C)C. The number of hydrogen-bond acceptors (Lipinski definition) is 5. The Hall–Kier alpha value is -2.84. The number of alkyl halides is 3. The van der Waals surface area contributed by atoms with Crippen LogP contribution in [0.4, 0.5) is 13.2 Å². The topological polar surface area (TPSA) is 131 Å². The number of carbonyl (C=O) groups is 4. The predicted molar refractivity (Wildman–Crippen MR) is 117 cm³/mol. The van der Waals surface area contributed by atoms with Crippen LogP contribution in [-0.4, -0.2) is 66.4 Å². The highest BCUT2D eigenvalue weighted by molar-refractivity contribution is 5.93. The summed E-state index contributed by atoms with van der Waals surface area (Å²) in [5.41, 5.74) is 0.